The number of hydrogen-bond acceptors (Lipinski definition) is 3. The number of benzene rings is 1. The smallest absolute Gasteiger partial charge is 0.329 e. The number of rotatable bonds is 7. The molecule has 1 aliphatic rings. The first-order chi connectivity index (χ1) is 11.1. The summed E-state index contributed by atoms with van der Waals surface area (Å²) < 4.78 is 5.45. The fourth-order valence-electron chi connectivity index (χ4n) is 3.16. The Kier molecular flexibility index (Phi) is 6.16. The van der Waals surface area contributed by atoms with Crippen molar-refractivity contribution in [2.45, 2.75) is 44.1 Å². The largest absolute Gasteiger partial charge is 0.479 e. The molecule has 5 heteroatoms. The van der Waals surface area contributed by atoms with Crippen LogP contribution < -0.4 is 0 Å². The second kappa shape index (κ2) is 8.11. The van der Waals surface area contributed by atoms with Gasteiger partial charge in [-0.25, -0.2) is 4.79 Å². The van der Waals surface area contributed by atoms with Crippen LogP contribution in [-0.4, -0.2) is 47.7 Å². The standard InChI is InChI=1S/C18H25NO4/c1-19(18(17(21)22)11-6-3-7-12-18)16(20)14-23-13-10-15-8-4-2-5-9-15/h2,4-5,8-9H,3,6-7,10-14H2,1H3,(H,21,22). The van der Waals surface area contributed by atoms with E-state index < -0.39 is 11.5 Å². The average molecular weight is 319 g/mol. The van der Waals surface area contributed by atoms with Crippen molar-refractivity contribution < 1.29 is 19.4 Å². The van der Waals surface area contributed by atoms with E-state index in [2.05, 4.69) is 0 Å². The molecule has 1 saturated carbocycles. The Hall–Kier alpha value is -1.88. The van der Waals surface area contributed by atoms with Crippen molar-refractivity contribution in [2.75, 3.05) is 20.3 Å². The zero-order valence-electron chi connectivity index (χ0n) is 13.7. The molecule has 0 unspecified atom stereocenters. The van der Waals surface area contributed by atoms with E-state index in [-0.39, 0.29) is 12.5 Å². The van der Waals surface area contributed by atoms with E-state index in [1.54, 1.807) is 7.05 Å². The molecule has 5 nitrogen and oxygen atoms in total. The number of amides is 1. The molecule has 0 radical (unpaired) electrons. The average Bonchev–Trinajstić information content (AvgIpc) is 2.59. The van der Waals surface area contributed by atoms with Crippen molar-refractivity contribution in [2.24, 2.45) is 0 Å². The Morgan fingerprint density at radius 1 is 1.17 bits per heavy atom. The lowest BCUT2D eigenvalue weighted by Gasteiger charge is -2.40. The monoisotopic (exact) mass is 319 g/mol. The Labute approximate surface area is 137 Å². The van der Waals surface area contributed by atoms with Crippen LogP contribution in [0.3, 0.4) is 0 Å². The molecule has 0 spiro atoms. The first-order valence-corrected chi connectivity index (χ1v) is 8.18. The van der Waals surface area contributed by atoms with E-state index in [0.717, 1.165) is 31.2 Å². The Morgan fingerprint density at radius 3 is 2.43 bits per heavy atom. The number of ether oxygens (including phenoxy) is 1. The summed E-state index contributed by atoms with van der Waals surface area (Å²) in [4.78, 5) is 25.4. The summed E-state index contributed by atoms with van der Waals surface area (Å²) in [5.41, 5.74) is 0.0978. The Bertz CT molecular complexity index is 523. The molecule has 1 N–H and O–H groups in total. The van der Waals surface area contributed by atoms with E-state index >= 15 is 0 Å². The van der Waals surface area contributed by atoms with Crippen LogP contribution in [-0.2, 0) is 20.7 Å². The molecule has 0 aromatic heterocycles. The predicted octanol–water partition coefficient (Wildman–Crippen LogP) is 2.49. The number of carbonyl (C=O) groups is 2. The van der Waals surface area contributed by atoms with Gasteiger partial charge in [0.25, 0.3) is 0 Å². The molecule has 0 bridgehead atoms. The minimum atomic E-state index is -1.06. The van der Waals surface area contributed by atoms with Crippen molar-refractivity contribution in [3.05, 3.63) is 35.9 Å². The number of nitrogens with zero attached hydrogens (tertiary/aromatic N) is 1. The molecule has 23 heavy (non-hydrogen) atoms. The van der Waals surface area contributed by atoms with Crippen molar-refractivity contribution >= 4 is 11.9 Å². The van der Waals surface area contributed by atoms with Gasteiger partial charge in [-0.2, -0.15) is 0 Å². The first-order valence-electron chi connectivity index (χ1n) is 8.18. The molecule has 1 fully saturated rings. The highest BCUT2D eigenvalue weighted by atomic mass is 16.5. The number of hydrogen-bond donors (Lipinski definition) is 1. The predicted molar refractivity (Wildman–Crippen MR) is 87.2 cm³/mol. The first kappa shape index (κ1) is 17.5. The van der Waals surface area contributed by atoms with Crippen LogP contribution in [0.1, 0.15) is 37.7 Å². The minimum absolute atomic E-state index is 0.0711. The Morgan fingerprint density at radius 2 is 1.83 bits per heavy atom. The maximum absolute atomic E-state index is 12.3. The summed E-state index contributed by atoms with van der Waals surface area (Å²) in [6, 6.07) is 9.91. The van der Waals surface area contributed by atoms with Crippen LogP contribution >= 0.6 is 0 Å². The maximum atomic E-state index is 12.3. The highest BCUT2D eigenvalue weighted by molar-refractivity contribution is 5.87. The molecule has 0 atom stereocenters. The van der Waals surface area contributed by atoms with Crippen molar-refractivity contribution in [1.82, 2.24) is 4.90 Å². The molecule has 1 aromatic rings. The fourth-order valence-corrected chi connectivity index (χ4v) is 3.16. The van der Waals surface area contributed by atoms with Gasteiger partial charge in [0, 0.05) is 7.05 Å². The summed E-state index contributed by atoms with van der Waals surface area (Å²) in [5.74, 6) is -1.17. The van der Waals surface area contributed by atoms with E-state index in [9.17, 15) is 14.7 Å². The van der Waals surface area contributed by atoms with Crippen molar-refractivity contribution in [3.8, 4) is 0 Å². The van der Waals surface area contributed by atoms with E-state index in [1.165, 1.54) is 4.90 Å². The summed E-state index contributed by atoms with van der Waals surface area (Å²) in [6.07, 6.45) is 4.51. The van der Waals surface area contributed by atoms with Crippen LogP contribution in [0, 0.1) is 0 Å². The second-order valence-corrected chi connectivity index (χ2v) is 6.14. The molecule has 0 aliphatic heterocycles. The molecule has 0 saturated heterocycles. The topological polar surface area (TPSA) is 66.8 Å². The van der Waals surface area contributed by atoms with Crippen LogP contribution in [0.25, 0.3) is 0 Å². The molecular formula is C18H25NO4. The van der Waals surface area contributed by atoms with Gasteiger partial charge in [-0.3, -0.25) is 4.79 Å². The molecular weight excluding hydrogens is 294 g/mol. The molecule has 1 aliphatic carbocycles. The normalized spacial score (nSPS) is 16.7. The van der Waals surface area contributed by atoms with Gasteiger partial charge in [0.1, 0.15) is 12.1 Å². The van der Waals surface area contributed by atoms with E-state index in [1.807, 2.05) is 30.3 Å². The van der Waals surface area contributed by atoms with Gasteiger partial charge in [-0.1, -0.05) is 49.6 Å². The molecule has 2 rings (SSSR count). The van der Waals surface area contributed by atoms with Gasteiger partial charge in [-0.15, -0.1) is 0 Å². The minimum Gasteiger partial charge on any atom is -0.479 e. The number of carbonyl (C=O) groups excluding carboxylic acids is 1. The lowest BCUT2D eigenvalue weighted by molar-refractivity contribution is -0.162. The third-order valence-corrected chi connectivity index (χ3v) is 4.70. The van der Waals surface area contributed by atoms with E-state index in [0.29, 0.717) is 19.4 Å². The van der Waals surface area contributed by atoms with Crippen LogP contribution in [0.4, 0.5) is 0 Å². The number of likely N-dealkylation sites (N-methyl/N-ethyl adjacent to an activating group) is 1. The molecule has 0 heterocycles. The highest BCUT2D eigenvalue weighted by Gasteiger charge is 2.45. The molecule has 1 aromatic carbocycles. The SMILES string of the molecule is CN(C(=O)COCCc1ccccc1)C1(C(=O)O)CCCCC1. The number of carboxylic acid groups (broad SMARTS) is 1. The van der Waals surface area contributed by atoms with Crippen LogP contribution in [0.5, 0.6) is 0 Å². The zero-order chi connectivity index (χ0) is 16.7. The van der Waals surface area contributed by atoms with Gasteiger partial charge >= 0.3 is 5.97 Å². The van der Waals surface area contributed by atoms with E-state index in [4.69, 9.17) is 4.74 Å². The van der Waals surface area contributed by atoms with Crippen LogP contribution in [0.15, 0.2) is 30.3 Å². The van der Waals surface area contributed by atoms with Gasteiger partial charge in [-0.05, 0) is 24.8 Å². The fraction of sp³-hybridized carbons (Fsp3) is 0.556. The number of aliphatic carboxylic acids is 1. The number of carboxylic acids is 1. The molecule has 126 valence electrons. The van der Waals surface area contributed by atoms with Gasteiger partial charge < -0.3 is 14.7 Å². The van der Waals surface area contributed by atoms with Gasteiger partial charge in [0.2, 0.25) is 5.91 Å². The summed E-state index contributed by atoms with van der Waals surface area (Å²) >= 11 is 0. The molecule has 1 amide bonds. The summed E-state index contributed by atoms with van der Waals surface area (Å²) in [6.45, 7) is 0.377. The Balaban J connectivity index is 1.83. The lowest BCUT2D eigenvalue weighted by atomic mass is 9.80. The lowest BCUT2D eigenvalue weighted by Crippen LogP contribution is -2.57. The maximum Gasteiger partial charge on any atom is 0.329 e. The summed E-state index contributed by atoms with van der Waals surface area (Å²) in [7, 11) is 1.59. The van der Waals surface area contributed by atoms with Crippen LogP contribution in [0.2, 0.25) is 0 Å². The quantitative estimate of drug-likeness (QED) is 0.784. The van der Waals surface area contributed by atoms with Gasteiger partial charge in [0.05, 0.1) is 6.61 Å². The van der Waals surface area contributed by atoms with Gasteiger partial charge in [0.15, 0.2) is 0 Å². The second-order valence-electron chi connectivity index (χ2n) is 6.14. The zero-order valence-corrected chi connectivity index (χ0v) is 13.7. The third kappa shape index (κ3) is 4.32. The van der Waals surface area contributed by atoms with Crippen molar-refractivity contribution in [3.63, 3.8) is 0 Å². The van der Waals surface area contributed by atoms with Crippen molar-refractivity contribution in [1.29, 1.82) is 0 Å². The third-order valence-electron chi connectivity index (χ3n) is 4.70. The summed E-state index contributed by atoms with van der Waals surface area (Å²) in [5, 5.41) is 9.59. The highest BCUT2D eigenvalue weighted by Crippen LogP contribution is 2.33.